The Morgan fingerprint density at radius 3 is 2.24 bits per heavy atom. The molecule has 1 saturated heterocycles. The lowest BCUT2D eigenvalue weighted by Crippen LogP contribution is -2.50. The summed E-state index contributed by atoms with van der Waals surface area (Å²) in [5.41, 5.74) is 1.98. The number of amides is 1. The van der Waals surface area contributed by atoms with Crippen molar-refractivity contribution in [2.24, 2.45) is 0 Å². The van der Waals surface area contributed by atoms with Crippen molar-refractivity contribution in [3.8, 4) is 0 Å². The number of carbonyl (C=O) groups is 1. The summed E-state index contributed by atoms with van der Waals surface area (Å²) in [6, 6.07) is 16.4. The molecule has 0 atom stereocenters. The molecule has 3 rings (SSSR count). The van der Waals surface area contributed by atoms with E-state index < -0.39 is 0 Å². The van der Waals surface area contributed by atoms with Gasteiger partial charge in [-0.2, -0.15) is 0 Å². The van der Waals surface area contributed by atoms with Crippen molar-refractivity contribution < 1.29 is 9.18 Å². The molecule has 0 aliphatic carbocycles. The molecule has 1 aliphatic heterocycles. The average molecular weight is 341 g/mol. The Hall–Kier alpha value is -2.40. The first-order valence-corrected chi connectivity index (χ1v) is 8.75. The summed E-state index contributed by atoms with van der Waals surface area (Å²) in [6.45, 7) is 6.44. The zero-order chi connectivity index (χ0) is 17.6. The first kappa shape index (κ1) is 17.4. The van der Waals surface area contributed by atoms with Crippen molar-refractivity contribution in [2.45, 2.75) is 6.92 Å². The van der Waals surface area contributed by atoms with Crippen LogP contribution < -0.4 is 9.80 Å². The first-order chi connectivity index (χ1) is 12.2. The van der Waals surface area contributed by atoms with Gasteiger partial charge in [-0.3, -0.25) is 9.69 Å². The van der Waals surface area contributed by atoms with Gasteiger partial charge in [0, 0.05) is 44.1 Å². The standard InChI is InChI=1S/C20H24FN3O/c1-2-24(19-6-4-3-5-7-19)20(25)16-22-12-14-23(15-13-22)18-10-8-17(21)9-11-18/h3-11H,2,12-16H2,1H3. The number of para-hydroxylation sites is 1. The molecule has 0 aromatic heterocycles. The second-order valence-corrected chi connectivity index (χ2v) is 6.21. The Morgan fingerprint density at radius 1 is 1.00 bits per heavy atom. The van der Waals surface area contributed by atoms with E-state index in [2.05, 4.69) is 9.80 Å². The van der Waals surface area contributed by atoms with Gasteiger partial charge in [0.05, 0.1) is 6.54 Å². The largest absolute Gasteiger partial charge is 0.369 e. The molecule has 2 aromatic rings. The van der Waals surface area contributed by atoms with Crippen LogP contribution in [0.5, 0.6) is 0 Å². The Morgan fingerprint density at radius 2 is 1.64 bits per heavy atom. The van der Waals surface area contributed by atoms with Gasteiger partial charge < -0.3 is 9.80 Å². The number of anilines is 2. The normalized spacial score (nSPS) is 15.2. The molecule has 1 fully saturated rings. The molecule has 0 spiro atoms. The third-order valence-corrected chi connectivity index (χ3v) is 4.61. The van der Waals surface area contributed by atoms with Gasteiger partial charge >= 0.3 is 0 Å². The fraction of sp³-hybridized carbons (Fsp3) is 0.350. The highest BCUT2D eigenvalue weighted by molar-refractivity contribution is 5.94. The number of rotatable bonds is 5. The number of likely N-dealkylation sites (N-methyl/N-ethyl adjacent to an activating group) is 1. The van der Waals surface area contributed by atoms with Crippen molar-refractivity contribution in [2.75, 3.05) is 49.1 Å². The highest BCUT2D eigenvalue weighted by Gasteiger charge is 2.22. The van der Waals surface area contributed by atoms with Gasteiger partial charge in [0.1, 0.15) is 5.82 Å². The van der Waals surface area contributed by atoms with E-state index in [1.807, 2.05) is 54.3 Å². The molecule has 1 amide bonds. The van der Waals surface area contributed by atoms with E-state index >= 15 is 0 Å². The fourth-order valence-electron chi connectivity index (χ4n) is 3.20. The van der Waals surface area contributed by atoms with Gasteiger partial charge in [0.25, 0.3) is 0 Å². The summed E-state index contributed by atoms with van der Waals surface area (Å²) in [5.74, 6) is -0.0857. The number of carbonyl (C=O) groups excluding carboxylic acids is 1. The van der Waals surface area contributed by atoms with Crippen LogP contribution in [-0.4, -0.2) is 50.1 Å². The second-order valence-electron chi connectivity index (χ2n) is 6.21. The van der Waals surface area contributed by atoms with Crippen molar-refractivity contribution in [3.05, 3.63) is 60.4 Å². The van der Waals surface area contributed by atoms with Crippen LogP contribution in [0.2, 0.25) is 0 Å². The molecule has 25 heavy (non-hydrogen) atoms. The van der Waals surface area contributed by atoms with E-state index in [4.69, 9.17) is 0 Å². The fourth-order valence-corrected chi connectivity index (χ4v) is 3.20. The molecular formula is C20H24FN3O. The molecule has 0 saturated carbocycles. The topological polar surface area (TPSA) is 26.8 Å². The Balaban J connectivity index is 1.54. The summed E-state index contributed by atoms with van der Waals surface area (Å²) in [6.07, 6.45) is 0. The quantitative estimate of drug-likeness (QED) is 0.836. The van der Waals surface area contributed by atoms with Gasteiger partial charge in [-0.15, -0.1) is 0 Å². The number of benzene rings is 2. The summed E-state index contributed by atoms with van der Waals surface area (Å²) in [4.78, 5) is 18.9. The monoisotopic (exact) mass is 341 g/mol. The lowest BCUT2D eigenvalue weighted by atomic mass is 10.2. The van der Waals surface area contributed by atoms with Crippen molar-refractivity contribution in [1.29, 1.82) is 0 Å². The van der Waals surface area contributed by atoms with Crippen LogP contribution in [0.1, 0.15) is 6.92 Å². The van der Waals surface area contributed by atoms with Gasteiger partial charge in [-0.1, -0.05) is 18.2 Å². The molecule has 1 heterocycles. The summed E-state index contributed by atoms with van der Waals surface area (Å²) in [5, 5.41) is 0. The molecule has 4 nitrogen and oxygen atoms in total. The number of hydrogen-bond donors (Lipinski definition) is 0. The minimum absolute atomic E-state index is 0.129. The highest BCUT2D eigenvalue weighted by Crippen LogP contribution is 2.18. The highest BCUT2D eigenvalue weighted by atomic mass is 19.1. The molecule has 0 unspecified atom stereocenters. The first-order valence-electron chi connectivity index (χ1n) is 8.75. The number of halogens is 1. The van der Waals surface area contributed by atoms with Crippen LogP contribution in [0.4, 0.5) is 15.8 Å². The molecule has 2 aromatic carbocycles. The van der Waals surface area contributed by atoms with Gasteiger partial charge in [-0.25, -0.2) is 4.39 Å². The van der Waals surface area contributed by atoms with Crippen LogP contribution in [0, 0.1) is 5.82 Å². The SMILES string of the molecule is CCN(C(=O)CN1CCN(c2ccc(F)cc2)CC1)c1ccccc1. The molecule has 0 N–H and O–H groups in total. The number of hydrogen-bond acceptors (Lipinski definition) is 3. The Bertz CT molecular complexity index is 682. The van der Waals surface area contributed by atoms with Crippen LogP contribution in [0.3, 0.4) is 0 Å². The minimum atomic E-state index is -0.214. The van der Waals surface area contributed by atoms with E-state index in [-0.39, 0.29) is 11.7 Å². The van der Waals surface area contributed by atoms with Crippen LogP contribution >= 0.6 is 0 Å². The maximum absolute atomic E-state index is 13.0. The molecule has 132 valence electrons. The van der Waals surface area contributed by atoms with E-state index in [0.29, 0.717) is 13.1 Å². The smallest absolute Gasteiger partial charge is 0.241 e. The maximum Gasteiger partial charge on any atom is 0.241 e. The lowest BCUT2D eigenvalue weighted by Gasteiger charge is -2.36. The van der Waals surface area contributed by atoms with Gasteiger partial charge in [0.2, 0.25) is 5.91 Å². The zero-order valence-electron chi connectivity index (χ0n) is 14.6. The molecule has 5 heteroatoms. The third-order valence-electron chi connectivity index (χ3n) is 4.61. The second kappa shape index (κ2) is 8.12. The van der Waals surface area contributed by atoms with Crippen molar-refractivity contribution in [1.82, 2.24) is 4.90 Å². The maximum atomic E-state index is 13.0. The predicted octanol–water partition coefficient (Wildman–Crippen LogP) is 3.00. The van der Waals surface area contributed by atoms with Gasteiger partial charge in [-0.05, 0) is 43.3 Å². The van der Waals surface area contributed by atoms with Crippen molar-refractivity contribution >= 4 is 17.3 Å². The summed E-state index contributed by atoms with van der Waals surface area (Å²) < 4.78 is 13.0. The molecule has 0 radical (unpaired) electrons. The molecular weight excluding hydrogens is 317 g/mol. The lowest BCUT2D eigenvalue weighted by molar-refractivity contribution is -0.119. The summed E-state index contributed by atoms with van der Waals surface area (Å²) >= 11 is 0. The van der Waals surface area contributed by atoms with E-state index in [1.54, 1.807) is 0 Å². The van der Waals surface area contributed by atoms with Crippen LogP contribution in [-0.2, 0) is 4.79 Å². The molecule has 1 aliphatic rings. The third kappa shape index (κ3) is 4.37. The van der Waals surface area contributed by atoms with E-state index in [0.717, 1.165) is 37.6 Å². The van der Waals surface area contributed by atoms with Crippen LogP contribution in [0.25, 0.3) is 0 Å². The van der Waals surface area contributed by atoms with E-state index in [9.17, 15) is 9.18 Å². The predicted molar refractivity (Wildman–Crippen MR) is 99.5 cm³/mol. The Kier molecular flexibility index (Phi) is 5.66. The molecule has 0 bridgehead atoms. The van der Waals surface area contributed by atoms with Gasteiger partial charge in [0.15, 0.2) is 0 Å². The van der Waals surface area contributed by atoms with Crippen LogP contribution in [0.15, 0.2) is 54.6 Å². The number of nitrogens with zero attached hydrogens (tertiary/aromatic N) is 3. The Labute approximate surface area is 148 Å². The number of piperazine rings is 1. The zero-order valence-corrected chi connectivity index (χ0v) is 14.6. The van der Waals surface area contributed by atoms with E-state index in [1.165, 1.54) is 12.1 Å². The average Bonchev–Trinajstić information content (AvgIpc) is 2.65. The summed E-state index contributed by atoms with van der Waals surface area (Å²) in [7, 11) is 0. The minimum Gasteiger partial charge on any atom is -0.369 e. The van der Waals surface area contributed by atoms with Crippen molar-refractivity contribution in [3.63, 3.8) is 0 Å².